The summed E-state index contributed by atoms with van der Waals surface area (Å²) in [7, 11) is 0. The Morgan fingerprint density at radius 2 is 1.70 bits per heavy atom. The molecule has 0 radical (unpaired) electrons. The van der Waals surface area contributed by atoms with Crippen LogP contribution in [-0.2, 0) is 16.0 Å². The highest BCUT2D eigenvalue weighted by molar-refractivity contribution is 6.33. The number of carbonyl (C=O) groups is 2. The van der Waals surface area contributed by atoms with Crippen molar-refractivity contribution in [2.45, 2.75) is 12.8 Å². The average Bonchev–Trinajstić information content (AvgIpc) is 2.51. The number of para-hydroxylation sites is 1. The highest BCUT2D eigenvalue weighted by Crippen LogP contribution is 2.20. The van der Waals surface area contributed by atoms with Crippen molar-refractivity contribution in [2.24, 2.45) is 0 Å². The number of hydrogen-bond acceptors (Lipinski definition) is 2. The molecule has 0 saturated carbocycles. The zero-order valence-corrected chi connectivity index (χ0v) is 13.1. The van der Waals surface area contributed by atoms with Gasteiger partial charge in [-0.15, -0.1) is 0 Å². The first-order valence-corrected chi connectivity index (χ1v) is 7.48. The molecule has 0 aromatic heterocycles. The first-order valence-electron chi connectivity index (χ1n) is 7.11. The molecule has 2 amide bonds. The molecular formula is C17H16ClFN2O2. The molecular weight excluding hydrogens is 319 g/mol. The monoisotopic (exact) mass is 334 g/mol. The van der Waals surface area contributed by atoms with Crippen LogP contribution >= 0.6 is 11.6 Å². The van der Waals surface area contributed by atoms with Crippen molar-refractivity contribution in [1.82, 2.24) is 5.32 Å². The van der Waals surface area contributed by atoms with E-state index in [0.717, 1.165) is 0 Å². The highest BCUT2D eigenvalue weighted by Gasteiger charge is 2.11. The lowest BCUT2D eigenvalue weighted by molar-refractivity contribution is -0.126. The largest absolute Gasteiger partial charge is 0.355 e. The van der Waals surface area contributed by atoms with Gasteiger partial charge >= 0.3 is 0 Å². The van der Waals surface area contributed by atoms with Gasteiger partial charge in [0, 0.05) is 6.54 Å². The van der Waals surface area contributed by atoms with E-state index in [1.54, 1.807) is 42.5 Å². The Morgan fingerprint density at radius 3 is 2.43 bits per heavy atom. The predicted octanol–water partition coefficient (Wildman–Crippen LogP) is 3.17. The fourth-order valence-corrected chi connectivity index (χ4v) is 2.19. The number of halogens is 2. The van der Waals surface area contributed by atoms with Gasteiger partial charge in [-0.2, -0.15) is 0 Å². The SMILES string of the molecule is O=C(CC(=O)Nc1ccccc1Cl)NCCc1ccccc1F. The average molecular weight is 335 g/mol. The second kappa shape index (κ2) is 8.29. The Morgan fingerprint density at radius 1 is 1.00 bits per heavy atom. The molecule has 6 heteroatoms. The first kappa shape index (κ1) is 17.0. The molecule has 4 nitrogen and oxygen atoms in total. The Labute approximate surface area is 138 Å². The number of carbonyl (C=O) groups excluding carboxylic acids is 2. The zero-order valence-electron chi connectivity index (χ0n) is 12.3. The lowest BCUT2D eigenvalue weighted by Crippen LogP contribution is -2.29. The van der Waals surface area contributed by atoms with Crippen molar-refractivity contribution in [3.63, 3.8) is 0 Å². The van der Waals surface area contributed by atoms with Gasteiger partial charge in [-0.3, -0.25) is 9.59 Å². The number of nitrogens with one attached hydrogen (secondary N) is 2. The summed E-state index contributed by atoms with van der Waals surface area (Å²) in [5.41, 5.74) is 0.978. The zero-order chi connectivity index (χ0) is 16.7. The molecule has 2 N–H and O–H groups in total. The molecule has 0 aliphatic rings. The maximum Gasteiger partial charge on any atom is 0.233 e. The van der Waals surface area contributed by atoms with E-state index in [1.807, 2.05) is 0 Å². The maximum atomic E-state index is 13.4. The topological polar surface area (TPSA) is 58.2 Å². The minimum atomic E-state index is -0.457. The van der Waals surface area contributed by atoms with E-state index in [-0.39, 0.29) is 18.8 Å². The Balaban J connectivity index is 1.75. The lowest BCUT2D eigenvalue weighted by atomic mass is 10.1. The van der Waals surface area contributed by atoms with Crippen molar-refractivity contribution < 1.29 is 14.0 Å². The third kappa shape index (κ3) is 5.38. The van der Waals surface area contributed by atoms with Gasteiger partial charge in [0.2, 0.25) is 11.8 Å². The standard InChI is InChI=1S/C17H16ClFN2O2/c18-13-6-2-4-8-15(13)21-17(23)11-16(22)20-10-9-12-5-1-3-7-14(12)19/h1-8H,9-11H2,(H,20,22)(H,21,23). The van der Waals surface area contributed by atoms with Crippen LogP contribution in [0.5, 0.6) is 0 Å². The quantitative estimate of drug-likeness (QED) is 0.797. The summed E-state index contributed by atoms with van der Waals surface area (Å²) in [6.07, 6.45) is 0.0487. The summed E-state index contributed by atoms with van der Waals surface area (Å²) < 4.78 is 13.4. The van der Waals surface area contributed by atoms with E-state index in [1.165, 1.54) is 6.07 Å². The van der Waals surface area contributed by atoms with Gasteiger partial charge in [0.1, 0.15) is 12.2 Å². The predicted molar refractivity (Wildman–Crippen MR) is 87.8 cm³/mol. The van der Waals surface area contributed by atoms with Crippen molar-refractivity contribution in [2.75, 3.05) is 11.9 Å². The van der Waals surface area contributed by atoms with Crippen LogP contribution in [0.1, 0.15) is 12.0 Å². The van der Waals surface area contributed by atoms with Gasteiger partial charge < -0.3 is 10.6 Å². The van der Waals surface area contributed by atoms with Crippen LogP contribution in [0.3, 0.4) is 0 Å². The lowest BCUT2D eigenvalue weighted by Gasteiger charge is -2.08. The van der Waals surface area contributed by atoms with Crippen LogP contribution in [0.4, 0.5) is 10.1 Å². The van der Waals surface area contributed by atoms with Crippen LogP contribution in [0.2, 0.25) is 5.02 Å². The van der Waals surface area contributed by atoms with E-state index < -0.39 is 11.8 Å². The van der Waals surface area contributed by atoms with E-state index in [9.17, 15) is 14.0 Å². The third-order valence-electron chi connectivity index (χ3n) is 3.14. The van der Waals surface area contributed by atoms with Crippen molar-refractivity contribution in [3.05, 3.63) is 64.9 Å². The van der Waals surface area contributed by atoms with E-state index in [4.69, 9.17) is 11.6 Å². The Hall–Kier alpha value is -2.40. The van der Waals surface area contributed by atoms with Crippen molar-refractivity contribution in [3.8, 4) is 0 Å². The summed E-state index contributed by atoms with van der Waals surface area (Å²) in [6.45, 7) is 0.263. The molecule has 2 aromatic rings. The van der Waals surface area contributed by atoms with Crippen LogP contribution in [0, 0.1) is 5.82 Å². The van der Waals surface area contributed by atoms with E-state index in [2.05, 4.69) is 10.6 Å². The van der Waals surface area contributed by atoms with Crippen LogP contribution in [0.15, 0.2) is 48.5 Å². The molecule has 23 heavy (non-hydrogen) atoms. The number of hydrogen-bond donors (Lipinski definition) is 2. The summed E-state index contributed by atoms with van der Waals surface area (Å²) in [5.74, 6) is -1.19. The third-order valence-corrected chi connectivity index (χ3v) is 3.47. The number of rotatable bonds is 6. The molecule has 0 heterocycles. The van der Waals surface area contributed by atoms with Gasteiger partial charge in [0.05, 0.1) is 10.7 Å². The smallest absolute Gasteiger partial charge is 0.233 e. The molecule has 0 fully saturated rings. The minimum Gasteiger partial charge on any atom is -0.355 e. The molecule has 2 aromatic carbocycles. The summed E-state index contributed by atoms with van der Waals surface area (Å²) in [4.78, 5) is 23.5. The fraction of sp³-hybridized carbons (Fsp3) is 0.176. The van der Waals surface area contributed by atoms with Crippen LogP contribution in [0.25, 0.3) is 0 Å². The van der Waals surface area contributed by atoms with Gasteiger partial charge in [0.15, 0.2) is 0 Å². The van der Waals surface area contributed by atoms with Crippen LogP contribution in [-0.4, -0.2) is 18.4 Å². The normalized spacial score (nSPS) is 10.2. The molecule has 0 unspecified atom stereocenters. The molecule has 0 aliphatic carbocycles. The van der Waals surface area contributed by atoms with Crippen molar-refractivity contribution >= 4 is 29.1 Å². The maximum absolute atomic E-state index is 13.4. The van der Waals surface area contributed by atoms with Gasteiger partial charge in [-0.25, -0.2) is 4.39 Å². The molecule has 0 aliphatic heterocycles. The summed E-state index contributed by atoms with van der Waals surface area (Å²) in [5, 5.41) is 5.56. The fourth-order valence-electron chi connectivity index (χ4n) is 2.00. The minimum absolute atomic E-state index is 0.263. The summed E-state index contributed by atoms with van der Waals surface area (Å²) in [6, 6.07) is 13.1. The second-order valence-corrected chi connectivity index (χ2v) is 5.30. The van der Waals surface area contributed by atoms with Crippen molar-refractivity contribution in [1.29, 1.82) is 0 Å². The molecule has 0 atom stereocenters. The highest BCUT2D eigenvalue weighted by atomic mass is 35.5. The number of anilines is 1. The van der Waals surface area contributed by atoms with E-state index >= 15 is 0 Å². The van der Waals surface area contributed by atoms with Gasteiger partial charge in [0.25, 0.3) is 0 Å². The summed E-state index contributed by atoms with van der Waals surface area (Å²) >= 11 is 5.92. The number of amides is 2. The molecule has 0 bridgehead atoms. The van der Waals surface area contributed by atoms with E-state index in [0.29, 0.717) is 22.7 Å². The molecule has 120 valence electrons. The van der Waals surface area contributed by atoms with Gasteiger partial charge in [-0.05, 0) is 30.2 Å². The first-order chi connectivity index (χ1) is 11.1. The molecule has 0 saturated heterocycles. The molecule has 0 spiro atoms. The van der Waals surface area contributed by atoms with Gasteiger partial charge in [-0.1, -0.05) is 41.9 Å². The van der Waals surface area contributed by atoms with Crippen LogP contribution < -0.4 is 10.6 Å². The second-order valence-electron chi connectivity index (χ2n) is 4.90. The number of benzene rings is 2. The Bertz CT molecular complexity index is 706. The molecule has 2 rings (SSSR count). The Kier molecular flexibility index (Phi) is 6.11.